The van der Waals surface area contributed by atoms with Crippen molar-refractivity contribution in [1.29, 1.82) is 0 Å². The predicted molar refractivity (Wildman–Crippen MR) is 65.2 cm³/mol. The third-order valence-corrected chi connectivity index (χ3v) is 2.32. The molecule has 3 N–H and O–H groups in total. The normalized spacial score (nSPS) is 10.4. The molecule has 0 aromatic heterocycles. The number of nitrogens with two attached hydrogens (primary N) is 1. The molecular formula is C11H13N3O5. The summed E-state index contributed by atoms with van der Waals surface area (Å²) in [5.74, 6) is -1.83. The van der Waals surface area contributed by atoms with Crippen LogP contribution in [0.25, 0.3) is 0 Å². The Balaban J connectivity index is 2.92. The Bertz CT molecular complexity index is 487. The molecule has 0 spiro atoms. The van der Waals surface area contributed by atoms with Crippen molar-refractivity contribution in [2.24, 2.45) is 5.73 Å². The van der Waals surface area contributed by atoms with Crippen LogP contribution in [0.3, 0.4) is 0 Å². The second-order valence-corrected chi connectivity index (χ2v) is 3.89. The monoisotopic (exact) mass is 267 g/mol. The molecule has 1 rings (SSSR count). The fourth-order valence-corrected chi connectivity index (χ4v) is 1.64. The van der Waals surface area contributed by atoms with E-state index in [1.165, 1.54) is 23.1 Å². The molecule has 8 nitrogen and oxygen atoms in total. The summed E-state index contributed by atoms with van der Waals surface area (Å²) >= 11 is 0. The minimum absolute atomic E-state index is 0.0353. The lowest BCUT2D eigenvalue weighted by Crippen LogP contribution is -2.37. The predicted octanol–water partition coefficient (Wildman–Crippen LogP) is -0.0333. The molecule has 0 saturated carbocycles. The van der Waals surface area contributed by atoms with Gasteiger partial charge in [-0.15, -0.1) is 0 Å². The van der Waals surface area contributed by atoms with Crippen molar-refractivity contribution < 1.29 is 19.6 Å². The number of carbonyl (C=O) groups excluding carboxylic acids is 1. The van der Waals surface area contributed by atoms with Gasteiger partial charge in [0.2, 0.25) is 5.91 Å². The lowest BCUT2D eigenvalue weighted by Gasteiger charge is -2.18. The van der Waals surface area contributed by atoms with Crippen LogP contribution < -0.4 is 5.73 Å². The molecule has 0 unspecified atom stereocenters. The maximum absolute atomic E-state index is 10.9. The first-order chi connectivity index (χ1) is 8.90. The number of nitrogens with zero attached hydrogens (tertiary/aromatic N) is 2. The standard InChI is InChI=1S/C11H13N3O5/c12-10(15)6-13(7-11(16)17)5-8-3-1-2-4-9(8)14(18)19/h1-4H,5-7H2,(H2,12,15)(H,16,17). The fourth-order valence-electron chi connectivity index (χ4n) is 1.64. The number of primary amides is 1. The number of amides is 1. The maximum atomic E-state index is 10.9. The zero-order valence-electron chi connectivity index (χ0n) is 9.98. The molecule has 0 bridgehead atoms. The van der Waals surface area contributed by atoms with Crippen molar-refractivity contribution in [2.45, 2.75) is 6.54 Å². The Kier molecular flexibility index (Phi) is 4.95. The van der Waals surface area contributed by atoms with Crippen LogP contribution in [0.4, 0.5) is 5.69 Å². The van der Waals surface area contributed by atoms with Gasteiger partial charge in [0.25, 0.3) is 5.69 Å². The number of aliphatic carboxylic acids is 1. The van der Waals surface area contributed by atoms with Crippen molar-refractivity contribution in [1.82, 2.24) is 4.90 Å². The Morgan fingerprint density at radius 1 is 1.32 bits per heavy atom. The summed E-state index contributed by atoms with van der Waals surface area (Å²) in [6.45, 7) is -0.736. The minimum Gasteiger partial charge on any atom is -0.480 e. The number of para-hydroxylation sites is 1. The van der Waals surface area contributed by atoms with Crippen LogP contribution in [0.15, 0.2) is 24.3 Å². The summed E-state index contributed by atoms with van der Waals surface area (Å²) in [6.07, 6.45) is 0. The van der Waals surface area contributed by atoms with Crippen LogP contribution in [0.1, 0.15) is 5.56 Å². The Labute approximate surface area is 108 Å². The molecule has 0 saturated heterocycles. The molecule has 0 aliphatic rings. The first kappa shape index (κ1) is 14.6. The third-order valence-electron chi connectivity index (χ3n) is 2.32. The zero-order chi connectivity index (χ0) is 14.4. The van der Waals surface area contributed by atoms with E-state index < -0.39 is 23.3 Å². The number of hydrogen-bond donors (Lipinski definition) is 2. The molecule has 1 aromatic carbocycles. The highest BCUT2D eigenvalue weighted by molar-refractivity contribution is 5.77. The van der Waals surface area contributed by atoms with Gasteiger partial charge in [0.1, 0.15) is 0 Å². The average Bonchev–Trinajstić information content (AvgIpc) is 2.27. The summed E-state index contributed by atoms with van der Waals surface area (Å²) in [4.78, 5) is 33.0. The van der Waals surface area contributed by atoms with E-state index in [4.69, 9.17) is 10.8 Å². The zero-order valence-corrected chi connectivity index (χ0v) is 9.98. The maximum Gasteiger partial charge on any atom is 0.317 e. The van der Waals surface area contributed by atoms with E-state index in [-0.39, 0.29) is 18.8 Å². The number of nitro benzene ring substituents is 1. The van der Waals surface area contributed by atoms with E-state index in [2.05, 4.69) is 0 Å². The summed E-state index contributed by atoms with van der Waals surface area (Å²) in [5, 5.41) is 19.6. The number of carbonyl (C=O) groups is 2. The van der Waals surface area contributed by atoms with E-state index in [9.17, 15) is 19.7 Å². The van der Waals surface area contributed by atoms with E-state index in [1.54, 1.807) is 6.07 Å². The molecule has 0 radical (unpaired) electrons. The number of benzene rings is 1. The van der Waals surface area contributed by atoms with Crippen molar-refractivity contribution in [3.8, 4) is 0 Å². The Hall–Kier alpha value is -2.48. The highest BCUT2D eigenvalue weighted by Gasteiger charge is 2.18. The smallest absolute Gasteiger partial charge is 0.317 e. The molecule has 0 fully saturated rings. The van der Waals surface area contributed by atoms with Gasteiger partial charge in [0, 0.05) is 18.2 Å². The summed E-state index contributed by atoms with van der Waals surface area (Å²) < 4.78 is 0. The van der Waals surface area contributed by atoms with E-state index in [1.807, 2.05) is 0 Å². The first-order valence-corrected chi connectivity index (χ1v) is 5.35. The van der Waals surface area contributed by atoms with Gasteiger partial charge in [-0.1, -0.05) is 18.2 Å². The minimum atomic E-state index is -1.14. The summed E-state index contributed by atoms with van der Waals surface area (Å²) in [7, 11) is 0. The van der Waals surface area contributed by atoms with Crippen LogP contribution in [-0.4, -0.2) is 39.9 Å². The summed E-state index contributed by atoms with van der Waals surface area (Å²) in [5.41, 5.74) is 5.22. The van der Waals surface area contributed by atoms with Crippen molar-refractivity contribution in [3.63, 3.8) is 0 Å². The van der Waals surface area contributed by atoms with Gasteiger partial charge in [-0.2, -0.15) is 0 Å². The SMILES string of the molecule is NC(=O)CN(CC(=O)O)Cc1ccccc1[N+](=O)[O-]. The topological polar surface area (TPSA) is 127 Å². The lowest BCUT2D eigenvalue weighted by atomic mass is 10.1. The number of carboxylic acids is 1. The van der Waals surface area contributed by atoms with E-state index >= 15 is 0 Å². The van der Waals surface area contributed by atoms with E-state index in [0.717, 1.165) is 0 Å². The molecule has 0 atom stereocenters. The Morgan fingerprint density at radius 2 is 1.95 bits per heavy atom. The van der Waals surface area contributed by atoms with Gasteiger partial charge in [-0.25, -0.2) is 0 Å². The fraction of sp³-hybridized carbons (Fsp3) is 0.273. The van der Waals surface area contributed by atoms with Gasteiger partial charge in [0.15, 0.2) is 0 Å². The van der Waals surface area contributed by atoms with Gasteiger partial charge < -0.3 is 10.8 Å². The lowest BCUT2D eigenvalue weighted by molar-refractivity contribution is -0.385. The van der Waals surface area contributed by atoms with Crippen LogP contribution in [0, 0.1) is 10.1 Å². The second kappa shape index (κ2) is 6.45. The number of rotatable bonds is 7. The van der Waals surface area contributed by atoms with Gasteiger partial charge in [-0.3, -0.25) is 24.6 Å². The molecule has 19 heavy (non-hydrogen) atoms. The van der Waals surface area contributed by atoms with Gasteiger partial charge in [0.05, 0.1) is 18.0 Å². The third kappa shape index (κ3) is 4.72. The molecule has 8 heteroatoms. The number of hydrogen-bond acceptors (Lipinski definition) is 5. The highest BCUT2D eigenvalue weighted by Crippen LogP contribution is 2.19. The molecule has 1 amide bonds. The molecule has 0 aliphatic carbocycles. The van der Waals surface area contributed by atoms with Crippen molar-refractivity contribution in [2.75, 3.05) is 13.1 Å². The molecule has 0 aliphatic heterocycles. The van der Waals surface area contributed by atoms with Crippen LogP contribution in [0.5, 0.6) is 0 Å². The van der Waals surface area contributed by atoms with Crippen molar-refractivity contribution in [3.05, 3.63) is 39.9 Å². The second-order valence-electron chi connectivity index (χ2n) is 3.89. The summed E-state index contributed by atoms with van der Waals surface area (Å²) in [6, 6.07) is 5.94. The quantitative estimate of drug-likeness (QED) is 0.527. The van der Waals surface area contributed by atoms with Crippen LogP contribution in [-0.2, 0) is 16.1 Å². The average molecular weight is 267 g/mol. The molecule has 1 aromatic rings. The van der Waals surface area contributed by atoms with Gasteiger partial charge in [-0.05, 0) is 0 Å². The molecular weight excluding hydrogens is 254 g/mol. The largest absolute Gasteiger partial charge is 0.480 e. The molecule has 0 heterocycles. The van der Waals surface area contributed by atoms with Crippen molar-refractivity contribution >= 4 is 17.6 Å². The number of nitro groups is 1. The molecule has 102 valence electrons. The van der Waals surface area contributed by atoms with Crippen LogP contribution >= 0.6 is 0 Å². The van der Waals surface area contributed by atoms with Gasteiger partial charge >= 0.3 is 5.97 Å². The first-order valence-electron chi connectivity index (χ1n) is 5.35. The highest BCUT2D eigenvalue weighted by atomic mass is 16.6. The number of carboxylic acid groups (broad SMARTS) is 1. The van der Waals surface area contributed by atoms with E-state index in [0.29, 0.717) is 5.56 Å². The Morgan fingerprint density at radius 3 is 2.47 bits per heavy atom. The van der Waals surface area contributed by atoms with Crippen LogP contribution in [0.2, 0.25) is 0 Å².